The molecule has 96 valence electrons. The molecule has 0 amide bonds. The van der Waals surface area contributed by atoms with Crippen LogP contribution in [0, 0.1) is 0 Å². The topological polar surface area (TPSA) is 101 Å². The zero-order chi connectivity index (χ0) is 12.9. The molecule has 0 bridgehead atoms. The van der Waals surface area contributed by atoms with Gasteiger partial charge in [-0.15, -0.1) is 0 Å². The highest BCUT2D eigenvalue weighted by Gasteiger charge is 2.25. The second kappa shape index (κ2) is 6.08. The SMILES string of the molecule is CCC(C(N)=S)S(=O)(=O)NCCc1ncc[nH]1. The zero-order valence-electron chi connectivity index (χ0n) is 9.51. The van der Waals surface area contributed by atoms with Gasteiger partial charge in [0.25, 0.3) is 0 Å². The molecule has 1 heterocycles. The quantitative estimate of drug-likeness (QED) is 0.606. The van der Waals surface area contributed by atoms with E-state index in [2.05, 4.69) is 14.7 Å². The van der Waals surface area contributed by atoms with Crippen molar-refractivity contribution < 1.29 is 8.42 Å². The van der Waals surface area contributed by atoms with Crippen LogP contribution >= 0.6 is 12.2 Å². The fourth-order valence-corrected chi connectivity index (χ4v) is 3.30. The number of sulfonamides is 1. The number of hydrogen-bond donors (Lipinski definition) is 3. The summed E-state index contributed by atoms with van der Waals surface area (Å²) in [6, 6.07) is 0. The maximum atomic E-state index is 11.8. The minimum atomic E-state index is -3.48. The Morgan fingerprint density at radius 3 is 2.88 bits per heavy atom. The van der Waals surface area contributed by atoms with Crippen LogP contribution in [0.5, 0.6) is 0 Å². The van der Waals surface area contributed by atoms with Crippen molar-refractivity contribution in [1.82, 2.24) is 14.7 Å². The van der Waals surface area contributed by atoms with Crippen LogP contribution in [0.25, 0.3) is 0 Å². The van der Waals surface area contributed by atoms with E-state index >= 15 is 0 Å². The maximum absolute atomic E-state index is 11.8. The van der Waals surface area contributed by atoms with E-state index in [9.17, 15) is 8.42 Å². The van der Waals surface area contributed by atoms with E-state index in [4.69, 9.17) is 18.0 Å². The van der Waals surface area contributed by atoms with Crippen molar-refractivity contribution in [3.8, 4) is 0 Å². The Kier molecular flexibility index (Phi) is 5.03. The Bertz CT molecular complexity index is 455. The molecule has 17 heavy (non-hydrogen) atoms. The lowest BCUT2D eigenvalue weighted by Gasteiger charge is -2.14. The van der Waals surface area contributed by atoms with Crippen molar-refractivity contribution in [2.45, 2.75) is 25.0 Å². The number of thiocarbonyl (C=S) groups is 1. The van der Waals surface area contributed by atoms with Gasteiger partial charge in [0.15, 0.2) is 0 Å². The molecule has 0 spiro atoms. The minimum Gasteiger partial charge on any atom is -0.392 e. The molecule has 1 aromatic rings. The Morgan fingerprint density at radius 1 is 1.71 bits per heavy atom. The largest absolute Gasteiger partial charge is 0.392 e. The Hall–Kier alpha value is -0.990. The smallest absolute Gasteiger partial charge is 0.221 e. The first-order valence-electron chi connectivity index (χ1n) is 5.23. The molecule has 1 aromatic heterocycles. The summed E-state index contributed by atoms with van der Waals surface area (Å²) in [5, 5.41) is -0.811. The summed E-state index contributed by atoms with van der Waals surface area (Å²) in [6.07, 6.45) is 4.17. The van der Waals surface area contributed by atoms with Crippen molar-refractivity contribution in [2.24, 2.45) is 5.73 Å². The summed E-state index contributed by atoms with van der Waals surface area (Å²) < 4.78 is 26.1. The van der Waals surface area contributed by atoms with Crippen molar-refractivity contribution in [1.29, 1.82) is 0 Å². The van der Waals surface area contributed by atoms with E-state index < -0.39 is 15.3 Å². The number of aromatic nitrogens is 2. The number of aromatic amines is 1. The Morgan fingerprint density at radius 2 is 2.41 bits per heavy atom. The van der Waals surface area contributed by atoms with Crippen molar-refractivity contribution in [3.05, 3.63) is 18.2 Å². The van der Waals surface area contributed by atoms with Gasteiger partial charge in [-0.25, -0.2) is 18.1 Å². The third-order valence-corrected chi connectivity index (χ3v) is 4.66. The van der Waals surface area contributed by atoms with E-state index in [-0.39, 0.29) is 11.5 Å². The highest BCUT2D eigenvalue weighted by Crippen LogP contribution is 2.04. The predicted molar refractivity (Wildman–Crippen MR) is 70.1 cm³/mol. The van der Waals surface area contributed by atoms with E-state index in [1.54, 1.807) is 19.3 Å². The van der Waals surface area contributed by atoms with Crippen LogP contribution in [0.15, 0.2) is 12.4 Å². The first kappa shape index (κ1) is 14.1. The summed E-state index contributed by atoms with van der Waals surface area (Å²) in [4.78, 5) is 6.89. The molecule has 0 radical (unpaired) electrons. The lowest BCUT2D eigenvalue weighted by Crippen LogP contribution is -2.42. The molecule has 0 saturated carbocycles. The minimum absolute atomic E-state index is 0.00185. The number of nitrogens with two attached hydrogens (primary N) is 1. The van der Waals surface area contributed by atoms with Gasteiger partial charge in [-0.3, -0.25) is 0 Å². The van der Waals surface area contributed by atoms with Crippen LogP contribution in [0.3, 0.4) is 0 Å². The fourth-order valence-electron chi connectivity index (χ4n) is 1.42. The second-order valence-corrected chi connectivity index (χ2v) is 5.94. The fraction of sp³-hybridized carbons (Fsp3) is 0.556. The molecule has 0 aliphatic heterocycles. The maximum Gasteiger partial charge on any atom is 0.221 e. The van der Waals surface area contributed by atoms with Crippen molar-refractivity contribution in [3.63, 3.8) is 0 Å². The van der Waals surface area contributed by atoms with Crippen LogP contribution in [-0.4, -0.2) is 35.2 Å². The lowest BCUT2D eigenvalue weighted by molar-refractivity contribution is 0.574. The molecule has 0 saturated heterocycles. The van der Waals surface area contributed by atoms with Gasteiger partial charge < -0.3 is 10.7 Å². The van der Waals surface area contributed by atoms with Gasteiger partial charge in [-0.1, -0.05) is 19.1 Å². The molecule has 0 aromatic carbocycles. The molecule has 1 atom stereocenters. The number of H-pyrrole nitrogens is 1. The van der Waals surface area contributed by atoms with Gasteiger partial charge in [0.1, 0.15) is 11.1 Å². The van der Waals surface area contributed by atoms with Crippen LogP contribution in [0.4, 0.5) is 0 Å². The molecule has 0 aliphatic rings. The number of nitrogens with zero attached hydrogens (tertiary/aromatic N) is 1. The van der Waals surface area contributed by atoms with Crippen molar-refractivity contribution in [2.75, 3.05) is 6.54 Å². The third kappa shape index (κ3) is 4.06. The van der Waals surface area contributed by atoms with Gasteiger partial charge in [0.05, 0.1) is 4.99 Å². The molecule has 1 unspecified atom stereocenters. The third-order valence-electron chi connectivity index (χ3n) is 2.28. The van der Waals surface area contributed by atoms with Crippen LogP contribution in [-0.2, 0) is 16.4 Å². The standard InChI is InChI=1S/C9H16N4O2S2/c1-2-7(9(10)16)17(14,15)13-4-3-8-11-5-6-12-8/h5-7,13H,2-4H2,1H3,(H2,10,16)(H,11,12). The van der Waals surface area contributed by atoms with Crippen LogP contribution < -0.4 is 10.5 Å². The second-order valence-electron chi connectivity index (χ2n) is 3.52. The summed E-state index contributed by atoms with van der Waals surface area (Å²) in [5.41, 5.74) is 5.39. The molecular formula is C9H16N4O2S2. The van der Waals surface area contributed by atoms with Crippen LogP contribution in [0.1, 0.15) is 19.2 Å². The molecule has 0 fully saturated rings. The lowest BCUT2D eigenvalue weighted by atomic mass is 10.3. The van der Waals surface area contributed by atoms with E-state index in [1.165, 1.54) is 0 Å². The highest BCUT2D eigenvalue weighted by atomic mass is 32.2. The van der Waals surface area contributed by atoms with E-state index in [1.807, 2.05) is 0 Å². The Labute approximate surface area is 106 Å². The van der Waals surface area contributed by atoms with Gasteiger partial charge in [-0.2, -0.15) is 0 Å². The number of rotatable bonds is 7. The van der Waals surface area contributed by atoms with E-state index in [0.717, 1.165) is 5.82 Å². The average molecular weight is 276 g/mol. The zero-order valence-corrected chi connectivity index (χ0v) is 11.1. The first-order chi connectivity index (χ1) is 7.97. The van der Waals surface area contributed by atoms with Crippen molar-refractivity contribution >= 4 is 27.2 Å². The number of nitrogens with one attached hydrogen (secondary N) is 2. The van der Waals surface area contributed by atoms with Gasteiger partial charge >= 0.3 is 0 Å². The summed E-state index contributed by atoms with van der Waals surface area (Å²) in [7, 11) is -3.48. The summed E-state index contributed by atoms with van der Waals surface area (Å²) in [6.45, 7) is 2.00. The monoisotopic (exact) mass is 276 g/mol. The normalized spacial score (nSPS) is 13.5. The van der Waals surface area contributed by atoms with E-state index in [0.29, 0.717) is 12.8 Å². The van der Waals surface area contributed by atoms with Gasteiger partial charge in [-0.05, 0) is 6.42 Å². The molecule has 6 nitrogen and oxygen atoms in total. The number of hydrogen-bond acceptors (Lipinski definition) is 4. The van der Waals surface area contributed by atoms with Gasteiger partial charge in [0, 0.05) is 25.4 Å². The molecule has 1 rings (SSSR count). The molecular weight excluding hydrogens is 260 g/mol. The number of imidazole rings is 1. The average Bonchev–Trinajstić information content (AvgIpc) is 2.69. The van der Waals surface area contributed by atoms with Crippen LogP contribution in [0.2, 0.25) is 0 Å². The van der Waals surface area contributed by atoms with Gasteiger partial charge in [0.2, 0.25) is 10.0 Å². The summed E-state index contributed by atoms with van der Waals surface area (Å²) in [5.74, 6) is 0.732. The highest BCUT2D eigenvalue weighted by molar-refractivity contribution is 7.93. The molecule has 8 heteroatoms. The molecule has 4 N–H and O–H groups in total. The first-order valence-corrected chi connectivity index (χ1v) is 7.19. The molecule has 0 aliphatic carbocycles. The Balaban J connectivity index is 2.52. The summed E-state index contributed by atoms with van der Waals surface area (Å²) >= 11 is 4.73. The predicted octanol–water partition coefficient (Wildman–Crippen LogP) is -0.0637.